The molecule has 0 aliphatic carbocycles. The third-order valence-electron chi connectivity index (χ3n) is 1.86. The standard InChI is InChI=1S/C9H9NOS/c1-12(11)8-3-2-7-4-5-10-9(7)6-8/h2-6,10H,1H3/t12-/m1/s1. The van der Waals surface area contributed by atoms with Crippen LogP contribution in [0.3, 0.4) is 0 Å². The second-order valence-electron chi connectivity index (χ2n) is 2.68. The molecule has 62 valence electrons. The molecular weight excluding hydrogens is 170 g/mol. The summed E-state index contributed by atoms with van der Waals surface area (Å²) in [4.78, 5) is 3.95. The van der Waals surface area contributed by atoms with Crippen LogP contribution in [0, 0.1) is 0 Å². The third-order valence-corrected chi connectivity index (χ3v) is 2.78. The van der Waals surface area contributed by atoms with Gasteiger partial charge in [-0.15, -0.1) is 0 Å². The van der Waals surface area contributed by atoms with Crippen LogP contribution in [0.5, 0.6) is 0 Å². The van der Waals surface area contributed by atoms with E-state index in [9.17, 15) is 4.21 Å². The van der Waals surface area contributed by atoms with Gasteiger partial charge >= 0.3 is 0 Å². The van der Waals surface area contributed by atoms with Gasteiger partial charge in [0, 0.05) is 33.7 Å². The lowest BCUT2D eigenvalue weighted by Gasteiger charge is -1.95. The Morgan fingerprint density at radius 1 is 1.33 bits per heavy atom. The lowest BCUT2D eigenvalue weighted by Crippen LogP contribution is -1.85. The van der Waals surface area contributed by atoms with Crippen LogP contribution in [-0.4, -0.2) is 15.4 Å². The maximum Gasteiger partial charge on any atom is 0.0498 e. The fraction of sp³-hybridized carbons (Fsp3) is 0.111. The van der Waals surface area contributed by atoms with E-state index < -0.39 is 10.8 Å². The molecule has 0 amide bonds. The van der Waals surface area contributed by atoms with E-state index in [0.717, 1.165) is 15.8 Å². The third kappa shape index (κ3) is 1.16. The zero-order valence-corrected chi connectivity index (χ0v) is 7.52. The molecular formula is C9H9NOS. The number of nitrogens with one attached hydrogen (secondary N) is 1. The van der Waals surface area contributed by atoms with E-state index in [-0.39, 0.29) is 0 Å². The van der Waals surface area contributed by atoms with Crippen molar-refractivity contribution in [3.05, 3.63) is 30.5 Å². The minimum absolute atomic E-state index is 0.866. The summed E-state index contributed by atoms with van der Waals surface area (Å²) in [5.74, 6) is 0. The molecule has 0 aliphatic heterocycles. The second kappa shape index (κ2) is 2.75. The molecule has 3 heteroatoms. The maximum atomic E-state index is 11.1. The Hall–Kier alpha value is -1.09. The predicted octanol–water partition coefficient (Wildman–Crippen LogP) is 1.91. The Labute approximate surface area is 73.1 Å². The Morgan fingerprint density at radius 3 is 2.92 bits per heavy atom. The molecule has 0 unspecified atom stereocenters. The topological polar surface area (TPSA) is 32.9 Å². The molecule has 2 rings (SSSR count). The highest BCUT2D eigenvalue weighted by atomic mass is 32.2. The van der Waals surface area contributed by atoms with E-state index in [1.165, 1.54) is 0 Å². The van der Waals surface area contributed by atoms with Crippen LogP contribution in [0.25, 0.3) is 10.9 Å². The molecule has 1 aromatic carbocycles. The number of hydrogen-bond donors (Lipinski definition) is 1. The second-order valence-corrected chi connectivity index (χ2v) is 4.06. The molecule has 0 bridgehead atoms. The monoisotopic (exact) mass is 179 g/mol. The van der Waals surface area contributed by atoms with Gasteiger partial charge in [-0.1, -0.05) is 6.07 Å². The molecule has 0 saturated carbocycles. The van der Waals surface area contributed by atoms with Crippen molar-refractivity contribution >= 4 is 21.7 Å². The highest BCUT2D eigenvalue weighted by Crippen LogP contribution is 2.15. The van der Waals surface area contributed by atoms with Crippen LogP contribution in [0.15, 0.2) is 35.4 Å². The van der Waals surface area contributed by atoms with E-state index in [1.807, 2.05) is 30.5 Å². The number of fused-ring (bicyclic) bond motifs is 1. The van der Waals surface area contributed by atoms with Crippen molar-refractivity contribution in [2.45, 2.75) is 4.90 Å². The van der Waals surface area contributed by atoms with E-state index in [0.29, 0.717) is 0 Å². The first kappa shape index (κ1) is 7.55. The van der Waals surface area contributed by atoms with E-state index in [2.05, 4.69) is 4.98 Å². The molecule has 1 atom stereocenters. The molecule has 1 aromatic heterocycles. The SMILES string of the molecule is C[S@@](=O)c1ccc2cc[nH]c2c1. The van der Waals surface area contributed by atoms with Crippen molar-refractivity contribution in [1.82, 2.24) is 4.98 Å². The number of rotatable bonds is 1. The van der Waals surface area contributed by atoms with Gasteiger partial charge in [0.15, 0.2) is 0 Å². The van der Waals surface area contributed by atoms with Crippen LogP contribution in [0.4, 0.5) is 0 Å². The fourth-order valence-corrected chi connectivity index (χ4v) is 1.75. The first-order chi connectivity index (χ1) is 5.77. The van der Waals surface area contributed by atoms with Crippen molar-refractivity contribution in [2.24, 2.45) is 0 Å². The van der Waals surface area contributed by atoms with Gasteiger partial charge < -0.3 is 4.98 Å². The van der Waals surface area contributed by atoms with Gasteiger partial charge in [-0.3, -0.25) is 4.21 Å². The fourth-order valence-electron chi connectivity index (χ4n) is 1.21. The molecule has 12 heavy (non-hydrogen) atoms. The van der Waals surface area contributed by atoms with Crippen LogP contribution in [0.2, 0.25) is 0 Å². The number of aromatic nitrogens is 1. The molecule has 1 heterocycles. The minimum atomic E-state index is -0.889. The lowest BCUT2D eigenvalue weighted by atomic mass is 10.2. The molecule has 0 aliphatic rings. The van der Waals surface area contributed by atoms with E-state index in [4.69, 9.17) is 0 Å². The summed E-state index contributed by atoms with van der Waals surface area (Å²) >= 11 is 0. The highest BCUT2D eigenvalue weighted by Gasteiger charge is 1.98. The first-order valence-corrected chi connectivity index (χ1v) is 5.24. The van der Waals surface area contributed by atoms with Crippen LogP contribution in [-0.2, 0) is 10.8 Å². The Bertz CT molecular complexity index is 433. The highest BCUT2D eigenvalue weighted by molar-refractivity contribution is 7.84. The number of benzene rings is 1. The summed E-state index contributed by atoms with van der Waals surface area (Å²) in [5.41, 5.74) is 1.04. The molecule has 2 nitrogen and oxygen atoms in total. The van der Waals surface area contributed by atoms with Crippen molar-refractivity contribution in [2.75, 3.05) is 6.26 Å². The smallest absolute Gasteiger partial charge is 0.0498 e. The Kier molecular flexibility index (Phi) is 1.73. The summed E-state index contributed by atoms with van der Waals surface area (Å²) in [6.45, 7) is 0. The number of H-pyrrole nitrogens is 1. The van der Waals surface area contributed by atoms with Crippen LogP contribution >= 0.6 is 0 Å². The Morgan fingerprint density at radius 2 is 2.17 bits per heavy atom. The van der Waals surface area contributed by atoms with Gasteiger partial charge in [-0.25, -0.2) is 0 Å². The van der Waals surface area contributed by atoms with Gasteiger partial charge in [-0.05, 0) is 23.6 Å². The average Bonchev–Trinajstić information content (AvgIpc) is 2.49. The van der Waals surface area contributed by atoms with Crippen LogP contribution in [0.1, 0.15) is 0 Å². The van der Waals surface area contributed by atoms with Gasteiger partial charge in [0.05, 0.1) is 0 Å². The molecule has 0 radical (unpaired) electrons. The quantitative estimate of drug-likeness (QED) is 0.712. The largest absolute Gasteiger partial charge is 0.361 e. The van der Waals surface area contributed by atoms with Gasteiger partial charge in [0.1, 0.15) is 0 Å². The summed E-state index contributed by atoms with van der Waals surface area (Å²) in [7, 11) is -0.889. The molecule has 2 aromatic rings. The van der Waals surface area contributed by atoms with Gasteiger partial charge in [0.25, 0.3) is 0 Å². The molecule has 1 N–H and O–H groups in total. The predicted molar refractivity (Wildman–Crippen MR) is 50.6 cm³/mol. The summed E-state index contributed by atoms with van der Waals surface area (Å²) in [5, 5.41) is 1.16. The number of aromatic amines is 1. The van der Waals surface area contributed by atoms with Gasteiger partial charge in [0.2, 0.25) is 0 Å². The van der Waals surface area contributed by atoms with Gasteiger partial charge in [-0.2, -0.15) is 0 Å². The molecule has 0 saturated heterocycles. The average molecular weight is 179 g/mol. The summed E-state index contributed by atoms with van der Waals surface area (Å²) in [6, 6.07) is 7.79. The van der Waals surface area contributed by atoms with Crippen molar-refractivity contribution in [3.8, 4) is 0 Å². The number of hydrogen-bond acceptors (Lipinski definition) is 1. The minimum Gasteiger partial charge on any atom is -0.361 e. The van der Waals surface area contributed by atoms with Crippen molar-refractivity contribution in [3.63, 3.8) is 0 Å². The first-order valence-electron chi connectivity index (χ1n) is 3.68. The van der Waals surface area contributed by atoms with Crippen LogP contribution < -0.4 is 0 Å². The Balaban J connectivity index is 2.68. The summed E-state index contributed by atoms with van der Waals surface area (Å²) in [6.07, 6.45) is 3.57. The zero-order valence-electron chi connectivity index (χ0n) is 6.70. The van der Waals surface area contributed by atoms with E-state index >= 15 is 0 Å². The van der Waals surface area contributed by atoms with Crippen molar-refractivity contribution in [1.29, 1.82) is 0 Å². The molecule has 0 spiro atoms. The normalized spacial score (nSPS) is 13.4. The van der Waals surface area contributed by atoms with E-state index in [1.54, 1.807) is 6.26 Å². The molecule has 0 fully saturated rings. The zero-order chi connectivity index (χ0) is 8.55. The lowest BCUT2D eigenvalue weighted by molar-refractivity contribution is 0.687. The maximum absolute atomic E-state index is 11.1. The summed E-state index contributed by atoms with van der Waals surface area (Å²) < 4.78 is 11.1. The van der Waals surface area contributed by atoms with Crippen molar-refractivity contribution < 1.29 is 4.21 Å².